The number of methoxy groups -OCH3 is 1. The van der Waals surface area contributed by atoms with E-state index in [9.17, 15) is 9.59 Å². The molecule has 0 aliphatic carbocycles. The number of carboxylic acid groups (broad SMARTS) is 1. The van der Waals surface area contributed by atoms with Crippen molar-refractivity contribution < 1.29 is 19.4 Å². The maximum absolute atomic E-state index is 11.8. The van der Waals surface area contributed by atoms with Crippen LogP contribution in [0.5, 0.6) is 0 Å². The second-order valence-corrected chi connectivity index (χ2v) is 4.41. The first-order valence-corrected chi connectivity index (χ1v) is 5.92. The summed E-state index contributed by atoms with van der Waals surface area (Å²) in [7, 11) is 1.32. The van der Waals surface area contributed by atoms with Crippen LogP contribution in [0, 0.1) is 0 Å². The van der Waals surface area contributed by atoms with Gasteiger partial charge in [-0.2, -0.15) is 0 Å². The average Bonchev–Trinajstić information content (AvgIpc) is 2.33. The molecule has 0 bridgehead atoms. The van der Waals surface area contributed by atoms with Crippen LogP contribution in [0.3, 0.4) is 0 Å². The van der Waals surface area contributed by atoms with Gasteiger partial charge in [-0.25, -0.2) is 4.79 Å². The molecule has 104 valence electrons. The molecule has 0 aromatic heterocycles. The van der Waals surface area contributed by atoms with E-state index in [1.807, 2.05) is 0 Å². The van der Waals surface area contributed by atoms with Crippen LogP contribution in [0.25, 0.3) is 0 Å². The average molecular weight is 307 g/mol. The van der Waals surface area contributed by atoms with Crippen LogP contribution in [0.1, 0.15) is 10.4 Å². The number of ether oxygens (including phenoxy) is 1. The quantitative estimate of drug-likeness (QED) is 0.767. The summed E-state index contributed by atoms with van der Waals surface area (Å²) in [5.74, 6) is -1.85. The fourth-order valence-corrected chi connectivity index (χ4v) is 1.92. The van der Waals surface area contributed by atoms with Crippen LogP contribution < -0.4 is 11.1 Å². The van der Waals surface area contributed by atoms with Gasteiger partial charge in [-0.1, -0.05) is 23.2 Å². The van der Waals surface area contributed by atoms with Gasteiger partial charge in [0.25, 0.3) is 5.91 Å². The number of benzene rings is 1. The zero-order valence-electron chi connectivity index (χ0n) is 9.94. The number of nitrogens with one attached hydrogen (secondary N) is 1. The minimum absolute atomic E-state index is 0.0186. The van der Waals surface area contributed by atoms with Crippen LogP contribution in [-0.4, -0.2) is 36.7 Å². The highest BCUT2D eigenvalue weighted by Crippen LogP contribution is 2.30. The Morgan fingerprint density at radius 3 is 2.58 bits per heavy atom. The molecule has 19 heavy (non-hydrogen) atoms. The van der Waals surface area contributed by atoms with Crippen molar-refractivity contribution in [2.45, 2.75) is 6.10 Å². The van der Waals surface area contributed by atoms with E-state index >= 15 is 0 Å². The van der Waals surface area contributed by atoms with E-state index in [2.05, 4.69) is 5.32 Å². The minimum Gasteiger partial charge on any atom is -0.478 e. The highest BCUT2D eigenvalue weighted by Gasteiger charge is 2.21. The maximum atomic E-state index is 11.8. The lowest BCUT2D eigenvalue weighted by Gasteiger charge is -2.15. The monoisotopic (exact) mass is 306 g/mol. The molecule has 4 N–H and O–H groups in total. The van der Waals surface area contributed by atoms with Crippen molar-refractivity contribution in [2.75, 3.05) is 19.0 Å². The first-order chi connectivity index (χ1) is 8.90. The lowest BCUT2D eigenvalue weighted by molar-refractivity contribution is -0.125. The van der Waals surface area contributed by atoms with E-state index in [1.165, 1.54) is 19.2 Å². The standard InChI is InChI=1S/C11H12Cl2N2O4/c1-19-8(4-14)10(16)15-9-6(11(17)18)2-5(12)3-7(9)13/h2-3,8H,4,14H2,1H3,(H,15,16)(H,17,18). The molecule has 1 aromatic rings. The molecule has 1 atom stereocenters. The number of rotatable bonds is 5. The number of hydrogen-bond donors (Lipinski definition) is 3. The predicted octanol–water partition coefficient (Wildman–Crippen LogP) is 1.60. The summed E-state index contributed by atoms with van der Waals surface area (Å²) in [4.78, 5) is 22.9. The maximum Gasteiger partial charge on any atom is 0.337 e. The van der Waals surface area contributed by atoms with E-state index in [4.69, 9.17) is 38.8 Å². The molecule has 6 nitrogen and oxygen atoms in total. The lowest BCUT2D eigenvalue weighted by atomic mass is 10.1. The van der Waals surface area contributed by atoms with Crippen molar-refractivity contribution in [3.05, 3.63) is 27.7 Å². The van der Waals surface area contributed by atoms with E-state index in [0.717, 1.165) is 0 Å². The second-order valence-electron chi connectivity index (χ2n) is 3.56. The molecule has 1 aromatic carbocycles. The van der Waals surface area contributed by atoms with Gasteiger partial charge in [0.1, 0.15) is 6.10 Å². The number of amides is 1. The summed E-state index contributed by atoms with van der Waals surface area (Å²) in [6.45, 7) is -0.0457. The fraction of sp³-hybridized carbons (Fsp3) is 0.273. The first kappa shape index (κ1) is 15.7. The Hall–Kier alpha value is -1.34. The Morgan fingerprint density at radius 1 is 1.47 bits per heavy atom. The van der Waals surface area contributed by atoms with Gasteiger partial charge >= 0.3 is 5.97 Å². The minimum atomic E-state index is -1.26. The second kappa shape index (κ2) is 6.72. The Bertz CT molecular complexity index is 504. The summed E-state index contributed by atoms with van der Waals surface area (Å²) < 4.78 is 4.84. The third-order valence-corrected chi connectivity index (χ3v) is 2.84. The van der Waals surface area contributed by atoms with E-state index in [-0.39, 0.29) is 27.8 Å². The summed E-state index contributed by atoms with van der Waals surface area (Å²) in [5.41, 5.74) is 5.09. The summed E-state index contributed by atoms with van der Waals surface area (Å²) in [5, 5.41) is 11.6. The van der Waals surface area contributed by atoms with Gasteiger partial charge in [-0.3, -0.25) is 4.79 Å². The largest absolute Gasteiger partial charge is 0.478 e. The SMILES string of the molecule is COC(CN)C(=O)Nc1c(Cl)cc(Cl)cc1C(=O)O. The van der Waals surface area contributed by atoms with E-state index in [0.29, 0.717) is 0 Å². The molecule has 0 spiro atoms. The predicted molar refractivity (Wildman–Crippen MR) is 71.9 cm³/mol. The Labute approximate surface area is 119 Å². The van der Waals surface area contributed by atoms with Gasteiger partial charge in [0.15, 0.2) is 0 Å². The molecular formula is C11H12Cl2N2O4. The van der Waals surface area contributed by atoms with Gasteiger partial charge in [-0.05, 0) is 12.1 Å². The highest BCUT2D eigenvalue weighted by atomic mass is 35.5. The Kier molecular flexibility index (Phi) is 5.56. The normalized spacial score (nSPS) is 12.0. The van der Waals surface area contributed by atoms with Crippen LogP contribution >= 0.6 is 23.2 Å². The zero-order valence-corrected chi connectivity index (χ0v) is 11.5. The van der Waals surface area contributed by atoms with Crippen molar-refractivity contribution in [1.82, 2.24) is 0 Å². The van der Waals surface area contributed by atoms with Gasteiger partial charge in [0, 0.05) is 18.7 Å². The van der Waals surface area contributed by atoms with Crippen LogP contribution in [0.15, 0.2) is 12.1 Å². The summed E-state index contributed by atoms with van der Waals surface area (Å²) >= 11 is 11.6. The van der Waals surface area contributed by atoms with Crippen molar-refractivity contribution in [3.8, 4) is 0 Å². The fourth-order valence-electron chi connectivity index (χ4n) is 1.38. The molecule has 1 rings (SSSR count). The number of carbonyl (C=O) groups excluding carboxylic acids is 1. The number of carbonyl (C=O) groups is 2. The number of anilines is 1. The number of carboxylic acids is 1. The lowest BCUT2D eigenvalue weighted by Crippen LogP contribution is -2.36. The number of hydrogen-bond acceptors (Lipinski definition) is 4. The topological polar surface area (TPSA) is 102 Å². The third-order valence-electron chi connectivity index (χ3n) is 2.32. The van der Waals surface area contributed by atoms with Crippen LogP contribution in [0.2, 0.25) is 10.0 Å². The van der Waals surface area contributed by atoms with Crippen LogP contribution in [0.4, 0.5) is 5.69 Å². The molecular weight excluding hydrogens is 295 g/mol. The molecule has 0 saturated heterocycles. The van der Waals surface area contributed by atoms with E-state index < -0.39 is 18.0 Å². The van der Waals surface area contributed by atoms with Crippen molar-refractivity contribution >= 4 is 40.8 Å². The van der Waals surface area contributed by atoms with Gasteiger partial charge < -0.3 is 20.9 Å². The van der Waals surface area contributed by atoms with Crippen LogP contribution in [-0.2, 0) is 9.53 Å². The van der Waals surface area contributed by atoms with Gasteiger partial charge in [0.2, 0.25) is 0 Å². The molecule has 0 aliphatic heterocycles. The molecule has 0 heterocycles. The molecule has 0 aliphatic rings. The van der Waals surface area contributed by atoms with Crippen molar-refractivity contribution in [1.29, 1.82) is 0 Å². The van der Waals surface area contributed by atoms with Gasteiger partial charge in [0.05, 0.1) is 16.3 Å². The third kappa shape index (κ3) is 3.81. The van der Waals surface area contributed by atoms with Gasteiger partial charge in [-0.15, -0.1) is 0 Å². The summed E-state index contributed by atoms with van der Waals surface area (Å²) in [6, 6.07) is 2.52. The van der Waals surface area contributed by atoms with E-state index in [1.54, 1.807) is 0 Å². The Morgan fingerprint density at radius 2 is 2.11 bits per heavy atom. The molecule has 1 unspecified atom stereocenters. The number of nitrogens with two attached hydrogens (primary N) is 1. The molecule has 8 heteroatoms. The highest BCUT2D eigenvalue weighted by molar-refractivity contribution is 6.37. The zero-order chi connectivity index (χ0) is 14.6. The molecule has 1 amide bonds. The smallest absolute Gasteiger partial charge is 0.337 e. The first-order valence-electron chi connectivity index (χ1n) is 5.16. The number of aromatic carboxylic acids is 1. The Balaban J connectivity index is 3.13. The number of halogens is 2. The summed E-state index contributed by atoms with van der Waals surface area (Å²) in [6.07, 6.45) is -0.895. The molecule has 0 radical (unpaired) electrons. The van der Waals surface area contributed by atoms with Crippen molar-refractivity contribution in [3.63, 3.8) is 0 Å². The molecule has 0 fully saturated rings. The van der Waals surface area contributed by atoms with Crippen molar-refractivity contribution in [2.24, 2.45) is 5.73 Å². The molecule has 0 saturated carbocycles.